The fourth-order valence-corrected chi connectivity index (χ4v) is 4.38. The topological polar surface area (TPSA) is 275 Å². The highest BCUT2D eigenvalue weighted by atomic mass is 16.5. The zero-order chi connectivity index (χ0) is 35.6. The number of carboxylic acid groups (broad SMARTS) is 2. The number of hydrogen-bond donors (Lipinski definition) is 7. The van der Waals surface area contributed by atoms with E-state index in [1.54, 1.807) is 23.0 Å². The summed E-state index contributed by atoms with van der Waals surface area (Å²) < 4.78 is 13.1. The van der Waals surface area contributed by atoms with Gasteiger partial charge in [-0.2, -0.15) is 0 Å². The summed E-state index contributed by atoms with van der Waals surface area (Å²) in [6.45, 7) is 0.448. The molecule has 0 spiro atoms. The minimum Gasteiger partial charge on any atom is -0.494 e. The van der Waals surface area contributed by atoms with E-state index in [4.69, 9.17) is 20.7 Å². The maximum atomic E-state index is 12.8. The van der Waals surface area contributed by atoms with Crippen LogP contribution in [0.3, 0.4) is 0 Å². The molecule has 2 amide bonds. The van der Waals surface area contributed by atoms with Gasteiger partial charge in [-0.15, -0.1) is 20.1 Å². The van der Waals surface area contributed by atoms with Crippen molar-refractivity contribution in [1.82, 2.24) is 29.6 Å². The molecule has 0 fully saturated rings. The Hall–Kier alpha value is -7.15. The number of nitrogen functional groups attached to an aromatic ring is 1. The molecule has 50 heavy (non-hydrogen) atoms. The Morgan fingerprint density at radius 3 is 1.86 bits per heavy atom. The number of hydrazine groups is 1. The van der Waals surface area contributed by atoms with Gasteiger partial charge in [-0.3, -0.25) is 19.6 Å². The van der Waals surface area contributed by atoms with Gasteiger partial charge in [-0.25, -0.2) is 26.0 Å². The summed E-state index contributed by atoms with van der Waals surface area (Å²) in [6.07, 6.45) is 5.80. The molecular formula is C31H29N11O8. The Bertz CT molecular complexity index is 2080. The summed E-state index contributed by atoms with van der Waals surface area (Å²) in [5, 5.41) is 43.7. The molecule has 3 aromatic heterocycles. The number of rotatable bonds is 15. The van der Waals surface area contributed by atoms with Crippen LogP contribution in [0.15, 0.2) is 79.4 Å². The number of ether oxygens (including phenoxy) is 2. The standard InChI is InChI=1S/C31H29N11O8/c32-26-9-7-23(39-42(26)40-33)29(44)36-25-16-19(4-6-21(25)31(47)48)50-14-2-1-13-49-18-3-5-20(30(45)46)24(15-18)35-28(43)22-8-10-27(38-37-22)41-12-11-34-17-41/h3-12,15-17,32,40H,1-2,13-14,33H2,(H,35,43)(H,36,44)(H,45,46)(H,47,48). The lowest BCUT2D eigenvalue weighted by molar-refractivity contribution is 0.0686. The Kier molecular flexibility index (Phi) is 10.7. The number of hydrogen-bond acceptors (Lipinski definition) is 13. The molecule has 19 nitrogen and oxygen atoms in total. The number of aromatic nitrogens is 6. The number of carbonyl (C=O) groups excluding carboxylic acids is 2. The number of amides is 2. The van der Waals surface area contributed by atoms with Gasteiger partial charge < -0.3 is 30.3 Å². The predicted octanol–water partition coefficient (Wildman–Crippen LogP) is 1.89. The van der Waals surface area contributed by atoms with Crippen LogP contribution in [0.5, 0.6) is 11.5 Å². The highest BCUT2D eigenvalue weighted by Gasteiger charge is 2.18. The molecule has 0 radical (unpaired) electrons. The molecule has 0 unspecified atom stereocenters. The van der Waals surface area contributed by atoms with Crippen LogP contribution in [0.1, 0.15) is 54.5 Å². The number of anilines is 2. The number of nitrogens with one attached hydrogen (secondary N) is 4. The number of nitrogens with two attached hydrogens (primary N) is 1. The van der Waals surface area contributed by atoms with E-state index in [0.717, 1.165) is 4.79 Å². The molecule has 2 aromatic carbocycles. The Morgan fingerprint density at radius 2 is 1.36 bits per heavy atom. The largest absolute Gasteiger partial charge is 0.494 e. The highest BCUT2D eigenvalue weighted by Crippen LogP contribution is 2.25. The SMILES string of the molecule is N=c1ccc(C(=O)Nc2cc(OCCCCOc3ccc(C(=O)O)c(NC(=O)c4ccc(-n5ccnc5)nn4)c3)ccc2C(=O)O)nn1NN. The van der Waals surface area contributed by atoms with E-state index in [0.29, 0.717) is 30.2 Å². The van der Waals surface area contributed by atoms with Crippen LogP contribution in [-0.4, -0.2) is 76.8 Å². The maximum absolute atomic E-state index is 12.8. The monoisotopic (exact) mass is 683 g/mol. The average molecular weight is 684 g/mol. The van der Waals surface area contributed by atoms with Crippen molar-refractivity contribution in [3.8, 4) is 17.3 Å². The summed E-state index contributed by atoms with van der Waals surface area (Å²) in [7, 11) is 0. The second kappa shape index (κ2) is 15.6. The molecule has 0 atom stereocenters. The smallest absolute Gasteiger partial charge is 0.337 e. The van der Waals surface area contributed by atoms with E-state index in [1.165, 1.54) is 60.9 Å². The molecule has 5 rings (SSSR count). The van der Waals surface area contributed by atoms with Gasteiger partial charge in [0.05, 0.1) is 35.7 Å². The minimum atomic E-state index is -1.27. The van der Waals surface area contributed by atoms with Crippen LogP contribution in [0.25, 0.3) is 5.82 Å². The van der Waals surface area contributed by atoms with E-state index < -0.39 is 23.8 Å². The molecule has 0 aliphatic carbocycles. The van der Waals surface area contributed by atoms with Crippen molar-refractivity contribution in [3.63, 3.8) is 0 Å². The third-order valence-corrected chi connectivity index (χ3v) is 6.86. The van der Waals surface area contributed by atoms with Gasteiger partial charge in [0.1, 0.15) is 17.8 Å². The lowest BCUT2D eigenvalue weighted by Crippen LogP contribution is -2.36. The summed E-state index contributed by atoms with van der Waals surface area (Å²) in [6, 6.07) is 13.9. The normalized spacial score (nSPS) is 10.6. The number of carboxylic acids is 2. The molecule has 0 saturated carbocycles. The van der Waals surface area contributed by atoms with Crippen molar-refractivity contribution in [1.29, 1.82) is 5.41 Å². The van der Waals surface area contributed by atoms with Crippen molar-refractivity contribution < 1.29 is 38.9 Å². The Balaban J connectivity index is 1.14. The fourth-order valence-electron chi connectivity index (χ4n) is 4.38. The van der Waals surface area contributed by atoms with Crippen molar-refractivity contribution in [3.05, 3.63) is 107 Å². The van der Waals surface area contributed by atoms with Gasteiger partial charge >= 0.3 is 11.9 Å². The first-order valence-electron chi connectivity index (χ1n) is 14.7. The number of carbonyl (C=O) groups is 4. The molecule has 0 aliphatic heterocycles. The Morgan fingerprint density at radius 1 is 0.780 bits per heavy atom. The number of benzene rings is 2. The van der Waals surface area contributed by atoms with Crippen molar-refractivity contribution in [2.24, 2.45) is 5.84 Å². The fraction of sp³-hybridized carbons (Fsp3) is 0.129. The summed E-state index contributed by atoms with van der Waals surface area (Å²) in [4.78, 5) is 53.9. The van der Waals surface area contributed by atoms with Gasteiger partial charge in [0.25, 0.3) is 11.8 Å². The van der Waals surface area contributed by atoms with E-state index >= 15 is 0 Å². The molecule has 8 N–H and O–H groups in total. The maximum Gasteiger partial charge on any atom is 0.337 e. The number of nitrogens with zero attached hydrogens (tertiary/aromatic N) is 6. The van der Waals surface area contributed by atoms with E-state index in [1.807, 2.05) is 0 Å². The average Bonchev–Trinajstić information content (AvgIpc) is 3.65. The molecule has 0 saturated heterocycles. The summed E-state index contributed by atoms with van der Waals surface area (Å²) >= 11 is 0. The first-order chi connectivity index (χ1) is 24.1. The Labute approximate surface area is 281 Å². The van der Waals surface area contributed by atoms with Crippen molar-refractivity contribution in [2.45, 2.75) is 12.8 Å². The van der Waals surface area contributed by atoms with Crippen molar-refractivity contribution >= 4 is 35.1 Å². The summed E-state index contributed by atoms with van der Waals surface area (Å²) in [5.41, 5.74) is 1.53. The van der Waals surface area contributed by atoms with Crippen LogP contribution >= 0.6 is 0 Å². The number of aromatic carboxylic acids is 2. The quantitative estimate of drug-likeness (QED) is 0.0472. The van der Waals surface area contributed by atoms with E-state index in [9.17, 15) is 29.4 Å². The second-order valence-corrected chi connectivity index (χ2v) is 10.2. The molecule has 19 heteroatoms. The minimum absolute atomic E-state index is 0.0101. The third-order valence-electron chi connectivity index (χ3n) is 6.86. The molecular weight excluding hydrogens is 654 g/mol. The third kappa shape index (κ3) is 8.41. The van der Waals surface area contributed by atoms with E-state index in [-0.39, 0.29) is 52.6 Å². The lowest BCUT2D eigenvalue weighted by atomic mass is 10.1. The zero-order valence-electron chi connectivity index (χ0n) is 25.9. The van der Waals surface area contributed by atoms with Gasteiger partial charge in [0.15, 0.2) is 22.7 Å². The number of unbranched alkanes of at least 4 members (excludes halogenated alkanes) is 1. The predicted molar refractivity (Wildman–Crippen MR) is 174 cm³/mol. The van der Waals surface area contributed by atoms with Gasteiger partial charge in [-0.05, 0) is 61.4 Å². The van der Waals surface area contributed by atoms with Crippen LogP contribution in [0.4, 0.5) is 11.4 Å². The summed E-state index contributed by atoms with van der Waals surface area (Å²) in [5.74, 6) is 2.43. The first-order valence-corrected chi connectivity index (χ1v) is 14.7. The van der Waals surface area contributed by atoms with Crippen molar-refractivity contribution in [2.75, 3.05) is 29.4 Å². The molecule has 0 aliphatic rings. The molecule has 256 valence electrons. The molecule has 3 heterocycles. The van der Waals surface area contributed by atoms with Crippen LogP contribution in [-0.2, 0) is 0 Å². The lowest BCUT2D eigenvalue weighted by Gasteiger charge is -2.13. The zero-order valence-corrected chi connectivity index (χ0v) is 25.9. The van der Waals surface area contributed by atoms with Gasteiger partial charge in [-0.1, -0.05) is 0 Å². The van der Waals surface area contributed by atoms with E-state index in [2.05, 4.69) is 36.4 Å². The molecule has 0 bridgehead atoms. The second-order valence-electron chi connectivity index (χ2n) is 10.2. The van der Waals surface area contributed by atoms with Crippen LogP contribution in [0.2, 0.25) is 0 Å². The highest BCUT2D eigenvalue weighted by molar-refractivity contribution is 6.07. The number of imidazole rings is 1. The van der Waals surface area contributed by atoms with Crippen LogP contribution in [0, 0.1) is 5.41 Å². The molecule has 5 aromatic rings. The van der Waals surface area contributed by atoms with Gasteiger partial charge in [0, 0.05) is 24.5 Å². The van der Waals surface area contributed by atoms with Crippen LogP contribution < -0.4 is 37.0 Å². The first kappa shape index (κ1) is 34.2. The van der Waals surface area contributed by atoms with Gasteiger partial charge in [0.2, 0.25) is 0 Å².